The minimum Gasteiger partial charge on any atom is -0.486 e. The summed E-state index contributed by atoms with van der Waals surface area (Å²) in [4.78, 5) is 0. The highest BCUT2D eigenvalue weighted by atomic mass is 19.1. The average molecular weight is 268 g/mol. The second kappa shape index (κ2) is 5.82. The Kier molecular flexibility index (Phi) is 4.14. The van der Waals surface area contributed by atoms with Crippen LogP contribution in [-0.2, 0) is 6.61 Å². The Morgan fingerprint density at radius 3 is 2.37 bits per heavy atom. The van der Waals surface area contributed by atoms with Gasteiger partial charge >= 0.3 is 7.12 Å². The van der Waals surface area contributed by atoms with Gasteiger partial charge in [0.05, 0.1) is 5.46 Å². The number of ether oxygens (including phenoxy) is 1. The molecule has 0 saturated carbocycles. The number of hydrogen-bond donors (Lipinski definition) is 2. The van der Waals surface area contributed by atoms with E-state index < -0.39 is 24.2 Å². The molecule has 0 amide bonds. The summed E-state index contributed by atoms with van der Waals surface area (Å²) < 4.78 is 32.2. The molecule has 0 bridgehead atoms. The number of rotatable bonds is 4. The normalized spacial score (nSPS) is 10.3. The molecule has 0 aliphatic carbocycles. The van der Waals surface area contributed by atoms with Crippen LogP contribution >= 0.6 is 0 Å². The molecule has 19 heavy (non-hydrogen) atoms. The molecular weight excluding hydrogens is 253 g/mol. The first-order chi connectivity index (χ1) is 9.09. The van der Waals surface area contributed by atoms with E-state index in [2.05, 4.69) is 0 Å². The fourth-order valence-electron chi connectivity index (χ4n) is 1.63. The Balaban J connectivity index is 0.00000200. The molecule has 6 heteroatoms. The first kappa shape index (κ1) is 13.5. The van der Waals surface area contributed by atoms with Crippen molar-refractivity contribution in [2.24, 2.45) is 0 Å². The number of halogens is 2. The van der Waals surface area contributed by atoms with Gasteiger partial charge in [-0.1, -0.05) is 30.3 Å². The Bertz CT molecular complexity index is 571. The summed E-state index contributed by atoms with van der Waals surface area (Å²) in [5, 5.41) is 17.8. The lowest BCUT2D eigenvalue weighted by Crippen LogP contribution is -2.36. The third-order valence-corrected chi connectivity index (χ3v) is 2.59. The lowest BCUT2D eigenvalue weighted by atomic mass is 9.79. The van der Waals surface area contributed by atoms with Gasteiger partial charge in [-0.25, -0.2) is 8.78 Å². The highest BCUT2D eigenvalue weighted by molar-refractivity contribution is 6.58. The Morgan fingerprint density at radius 2 is 1.74 bits per heavy atom. The summed E-state index contributed by atoms with van der Waals surface area (Å²) in [5.41, 5.74) is 0.00267. The van der Waals surface area contributed by atoms with Crippen LogP contribution in [0.4, 0.5) is 8.78 Å². The van der Waals surface area contributed by atoms with Gasteiger partial charge in [0.25, 0.3) is 0 Å². The molecule has 0 aliphatic heterocycles. The fraction of sp³-hybridized carbons (Fsp3) is 0.0769. The van der Waals surface area contributed by atoms with Gasteiger partial charge in [0.1, 0.15) is 12.4 Å². The maximum Gasteiger partial charge on any atom is 0.494 e. The van der Waals surface area contributed by atoms with Gasteiger partial charge in [-0.05, 0) is 17.7 Å². The van der Waals surface area contributed by atoms with Crippen LogP contribution in [0.3, 0.4) is 0 Å². The van der Waals surface area contributed by atoms with Gasteiger partial charge in [0.15, 0.2) is 11.6 Å². The summed E-state index contributed by atoms with van der Waals surface area (Å²) in [6.07, 6.45) is 0. The van der Waals surface area contributed by atoms with E-state index in [4.69, 9.17) is 14.8 Å². The second-order valence-corrected chi connectivity index (χ2v) is 3.92. The van der Waals surface area contributed by atoms with Gasteiger partial charge in [-0.2, -0.15) is 0 Å². The van der Waals surface area contributed by atoms with Crippen molar-refractivity contribution < 1.29 is 26.4 Å². The smallest absolute Gasteiger partial charge is 0.486 e. The predicted molar refractivity (Wildman–Crippen MR) is 71.2 cm³/mol. The van der Waals surface area contributed by atoms with E-state index in [-0.39, 0.29) is 15.2 Å². The predicted octanol–water partition coefficient (Wildman–Crippen LogP) is 1.72. The van der Waals surface area contributed by atoms with Crippen molar-refractivity contribution in [3.63, 3.8) is 0 Å². The molecule has 2 N–H and O–H groups in total. The topological polar surface area (TPSA) is 49.7 Å². The van der Waals surface area contributed by atoms with Crippen molar-refractivity contribution in [1.29, 1.82) is 0 Å². The van der Waals surface area contributed by atoms with Crippen LogP contribution in [0.1, 0.15) is 8.42 Å². The molecule has 0 heterocycles. The molecular formula is C13H15BF2O3. The summed E-state index contributed by atoms with van der Waals surface area (Å²) >= 11 is 0. The summed E-state index contributed by atoms with van der Waals surface area (Å²) in [6, 6.07) is 11.1. The highest BCUT2D eigenvalue weighted by Gasteiger charge is 2.24. The molecule has 2 aromatic carbocycles. The minimum absolute atomic E-state index is 0. The molecule has 2 rings (SSSR count). The standard InChI is InChI=1S/C13H11BF2O3.2H2/c15-10-6-7-11(13(16)12(10)14(17)18)19-8-9-4-2-1-3-5-9;;/h1-7,17-18H,8H2;2*1H. The maximum absolute atomic E-state index is 13.8. The molecule has 0 fully saturated rings. The van der Waals surface area contributed by atoms with Crippen molar-refractivity contribution in [2.75, 3.05) is 0 Å². The molecule has 102 valence electrons. The van der Waals surface area contributed by atoms with Crippen LogP contribution in [0.2, 0.25) is 0 Å². The Morgan fingerprint density at radius 1 is 1.05 bits per heavy atom. The van der Waals surface area contributed by atoms with Gasteiger partial charge in [0.2, 0.25) is 0 Å². The van der Waals surface area contributed by atoms with E-state index >= 15 is 0 Å². The molecule has 0 atom stereocenters. The van der Waals surface area contributed by atoms with Gasteiger partial charge in [0, 0.05) is 2.85 Å². The minimum atomic E-state index is -2.22. The molecule has 2 aromatic rings. The van der Waals surface area contributed by atoms with Crippen LogP contribution < -0.4 is 10.2 Å². The second-order valence-electron chi connectivity index (χ2n) is 3.92. The Hall–Kier alpha value is -1.92. The monoisotopic (exact) mass is 268 g/mol. The van der Waals surface area contributed by atoms with Gasteiger partial charge in [-0.15, -0.1) is 0 Å². The van der Waals surface area contributed by atoms with Crippen LogP contribution in [0.15, 0.2) is 42.5 Å². The van der Waals surface area contributed by atoms with Crippen molar-refractivity contribution in [3.8, 4) is 5.75 Å². The van der Waals surface area contributed by atoms with E-state index in [1.807, 2.05) is 18.2 Å². The highest BCUT2D eigenvalue weighted by Crippen LogP contribution is 2.18. The SMILES string of the molecule is OB(O)c1c(F)ccc(OCc2ccccc2)c1F.[HH].[HH]. The van der Waals surface area contributed by atoms with Crippen molar-refractivity contribution in [3.05, 3.63) is 59.7 Å². The lowest BCUT2D eigenvalue weighted by Gasteiger charge is -2.10. The van der Waals surface area contributed by atoms with Crippen molar-refractivity contribution >= 4 is 12.6 Å². The van der Waals surface area contributed by atoms with Crippen molar-refractivity contribution in [2.45, 2.75) is 6.61 Å². The lowest BCUT2D eigenvalue weighted by molar-refractivity contribution is 0.289. The molecule has 3 nitrogen and oxygen atoms in total. The van der Waals surface area contributed by atoms with Crippen LogP contribution in [0, 0.1) is 11.6 Å². The van der Waals surface area contributed by atoms with Crippen LogP contribution in [0.5, 0.6) is 5.75 Å². The third kappa shape index (κ3) is 3.10. The molecule has 0 saturated heterocycles. The molecule has 0 aliphatic rings. The fourth-order valence-corrected chi connectivity index (χ4v) is 1.63. The third-order valence-electron chi connectivity index (χ3n) is 2.59. The van der Waals surface area contributed by atoms with Crippen molar-refractivity contribution in [1.82, 2.24) is 0 Å². The van der Waals surface area contributed by atoms with E-state index in [0.29, 0.717) is 0 Å². The van der Waals surface area contributed by atoms with Gasteiger partial charge < -0.3 is 14.8 Å². The van der Waals surface area contributed by atoms with E-state index in [1.165, 1.54) is 0 Å². The van der Waals surface area contributed by atoms with E-state index in [9.17, 15) is 8.78 Å². The quantitative estimate of drug-likeness (QED) is 0.830. The molecule has 0 spiro atoms. The maximum atomic E-state index is 13.8. The zero-order valence-electron chi connectivity index (χ0n) is 9.88. The summed E-state index contributed by atoms with van der Waals surface area (Å²) in [6.45, 7) is 0.102. The molecule has 0 radical (unpaired) electrons. The largest absolute Gasteiger partial charge is 0.494 e. The molecule has 0 unspecified atom stereocenters. The van der Waals surface area contributed by atoms with E-state index in [1.54, 1.807) is 12.1 Å². The molecule has 0 aromatic heterocycles. The first-order valence-corrected chi connectivity index (χ1v) is 5.60. The Labute approximate surface area is 112 Å². The summed E-state index contributed by atoms with van der Waals surface area (Å²) in [7, 11) is -2.22. The van der Waals surface area contributed by atoms with Crippen LogP contribution in [0.25, 0.3) is 0 Å². The average Bonchev–Trinajstić information content (AvgIpc) is 2.38. The first-order valence-electron chi connectivity index (χ1n) is 5.60. The number of hydrogen-bond acceptors (Lipinski definition) is 3. The number of benzene rings is 2. The summed E-state index contributed by atoms with van der Waals surface area (Å²) in [5.74, 6) is -2.36. The van der Waals surface area contributed by atoms with Crippen LogP contribution in [-0.4, -0.2) is 17.2 Å². The van der Waals surface area contributed by atoms with Gasteiger partial charge in [-0.3, -0.25) is 0 Å². The zero-order valence-corrected chi connectivity index (χ0v) is 9.88. The zero-order chi connectivity index (χ0) is 13.8. The van der Waals surface area contributed by atoms with E-state index in [0.717, 1.165) is 17.7 Å².